The van der Waals surface area contributed by atoms with Crippen LogP contribution in [0.25, 0.3) is 0 Å². The van der Waals surface area contributed by atoms with Crippen LogP contribution in [-0.2, 0) is 14.3 Å². The molecule has 0 aromatic rings. The molecule has 92 valence electrons. The first kappa shape index (κ1) is 16.6. The van der Waals surface area contributed by atoms with E-state index in [4.69, 9.17) is 15.3 Å². The molecule has 0 aromatic heterocycles. The normalized spacial score (nSPS) is 8.38. The van der Waals surface area contributed by atoms with E-state index in [-0.39, 0.29) is 18.8 Å². The van der Waals surface area contributed by atoms with Crippen molar-refractivity contribution in [2.75, 3.05) is 13.2 Å². The van der Waals surface area contributed by atoms with Crippen molar-refractivity contribution in [1.29, 1.82) is 0 Å². The molecule has 0 atom stereocenters. The molecule has 3 N–H and O–H groups in total. The van der Waals surface area contributed by atoms with E-state index in [0.717, 1.165) is 0 Å². The summed E-state index contributed by atoms with van der Waals surface area (Å²) < 4.78 is 4.40. The molecule has 0 spiro atoms. The zero-order valence-corrected chi connectivity index (χ0v) is 9.10. The van der Waals surface area contributed by atoms with Gasteiger partial charge in [0.1, 0.15) is 0 Å². The van der Waals surface area contributed by atoms with E-state index < -0.39 is 17.7 Å². The van der Waals surface area contributed by atoms with Gasteiger partial charge in [-0.15, -0.1) is 0 Å². The molecule has 0 unspecified atom stereocenters. The number of ether oxygens (including phenoxy) is 1. The predicted octanol–water partition coefficient (Wildman–Crippen LogP) is 0.631. The molecule has 0 aliphatic heterocycles. The Kier molecular flexibility index (Phi) is 10.1. The van der Waals surface area contributed by atoms with Gasteiger partial charge >= 0.3 is 11.9 Å². The average Bonchev–Trinajstić information content (AvgIpc) is 2.18. The molecular weight excluding hydrogens is 216 g/mol. The Morgan fingerprint density at radius 3 is 1.94 bits per heavy atom. The van der Waals surface area contributed by atoms with Crippen molar-refractivity contribution >= 4 is 11.9 Å². The number of carboxylic acids is 1. The van der Waals surface area contributed by atoms with Crippen molar-refractivity contribution in [1.82, 2.24) is 0 Å². The van der Waals surface area contributed by atoms with Gasteiger partial charge in [-0.05, 0) is 13.5 Å². The van der Waals surface area contributed by atoms with E-state index in [9.17, 15) is 9.59 Å². The Balaban J connectivity index is 0. The lowest BCUT2D eigenvalue weighted by Gasteiger charge is -1.99. The average molecular weight is 232 g/mol. The van der Waals surface area contributed by atoms with Gasteiger partial charge in [0.05, 0.1) is 6.61 Å². The molecule has 0 saturated heterocycles. The van der Waals surface area contributed by atoms with Crippen molar-refractivity contribution in [3.8, 4) is 0 Å². The van der Waals surface area contributed by atoms with Crippen LogP contribution in [0.2, 0.25) is 0 Å². The maximum atomic E-state index is 10.4. The summed E-state index contributed by atoms with van der Waals surface area (Å²) in [6, 6.07) is 0. The maximum Gasteiger partial charge on any atom is 0.372 e. The highest BCUT2D eigenvalue weighted by Crippen LogP contribution is 1.89. The number of carbonyl (C=O) groups excluding carboxylic acids is 1. The zero-order chi connectivity index (χ0) is 13.1. The first-order valence-corrected chi connectivity index (χ1v) is 4.37. The molecule has 0 aliphatic carbocycles. The summed E-state index contributed by atoms with van der Waals surface area (Å²) in [6.45, 7) is 7.62. The van der Waals surface area contributed by atoms with Gasteiger partial charge < -0.3 is 20.1 Å². The first-order valence-electron chi connectivity index (χ1n) is 4.37. The molecule has 6 nitrogen and oxygen atoms in total. The highest BCUT2D eigenvalue weighted by atomic mass is 16.5. The van der Waals surface area contributed by atoms with Crippen LogP contribution in [0, 0.1) is 0 Å². The third-order valence-electron chi connectivity index (χ3n) is 1.14. The molecule has 0 aliphatic rings. The first-order chi connectivity index (χ1) is 7.32. The lowest BCUT2D eigenvalue weighted by atomic mass is 10.4. The van der Waals surface area contributed by atoms with Crippen LogP contribution >= 0.6 is 0 Å². The number of carbonyl (C=O) groups is 2. The molecule has 0 aromatic carbocycles. The minimum Gasteiger partial charge on any atom is -0.502 e. The molecule has 0 fully saturated rings. The van der Waals surface area contributed by atoms with Crippen LogP contribution in [0.1, 0.15) is 13.3 Å². The van der Waals surface area contributed by atoms with Crippen molar-refractivity contribution in [3.63, 3.8) is 0 Å². The number of hydrogen-bond donors (Lipinski definition) is 3. The summed E-state index contributed by atoms with van der Waals surface area (Å²) in [5.74, 6) is -2.39. The Labute approximate surface area is 93.5 Å². The summed E-state index contributed by atoms with van der Waals surface area (Å²) >= 11 is 0. The number of hydrogen-bond acceptors (Lipinski definition) is 5. The van der Waals surface area contributed by atoms with E-state index in [1.165, 1.54) is 6.92 Å². The topological polar surface area (TPSA) is 104 Å². The molecule has 0 radical (unpaired) electrons. The maximum absolute atomic E-state index is 10.4. The van der Waals surface area contributed by atoms with Crippen LogP contribution < -0.4 is 0 Å². The van der Waals surface area contributed by atoms with Gasteiger partial charge in [0.25, 0.3) is 0 Å². The highest BCUT2D eigenvalue weighted by molar-refractivity contribution is 5.85. The van der Waals surface area contributed by atoms with Crippen LogP contribution in [0.4, 0.5) is 0 Å². The Morgan fingerprint density at radius 2 is 1.69 bits per heavy atom. The molecule has 0 bridgehead atoms. The second-order valence-electron chi connectivity index (χ2n) is 2.75. The molecule has 6 heteroatoms. The SMILES string of the molecule is C=C(C)C(=O)O.C=C(O)C(=O)OCCCO. The minimum atomic E-state index is -0.935. The van der Waals surface area contributed by atoms with Gasteiger partial charge in [-0.1, -0.05) is 6.58 Å². The molecule has 0 saturated carbocycles. The lowest BCUT2D eigenvalue weighted by molar-refractivity contribution is -0.142. The quantitative estimate of drug-likeness (QED) is 0.278. The fourth-order valence-electron chi connectivity index (χ4n) is 0.313. The smallest absolute Gasteiger partial charge is 0.372 e. The predicted molar refractivity (Wildman–Crippen MR) is 56.9 cm³/mol. The van der Waals surface area contributed by atoms with E-state index >= 15 is 0 Å². The van der Waals surface area contributed by atoms with Crippen LogP contribution in [-0.4, -0.2) is 40.5 Å². The summed E-state index contributed by atoms with van der Waals surface area (Å²) in [5.41, 5.74) is 0.176. The van der Waals surface area contributed by atoms with Gasteiger partial charge in [-0.25, -0.2) is 9.59 Å². The van der Waals surface area contributed by atoms with Gasteiger partial charge in [0.15, 0.2) is 5.76 Å². The standard InChI is InChI=1S/C6H10O4.C4H6O2/c1-5(8)6(9)10-4-2-3-7;1-3(2)4(5)6/h7-8H,1-4H2;1H2,2H3,(H,5,6). The fourth-order valence-corrected chi connectivity index (χ4v) is 0.313. The van der Waals surface area contributed by atoms with Crippen molar-refractivity contribution in [2.24, 2.45) is 0 Å². The zero-order valence-electron chi connectivity index (χ0n) is 9.10. The fraction of sp³-hybridized carbons (Fsp3) is 0.400. The van der Waals surface area contributed by atoms with E-state index in [2.05, 4.69) is 17.9 Å². The summed E-state index contributed by atoms with van der Waals surface area (Å²) in [4.78, 5) is 20.0. The van der Waals surface area contributed by atoms with Gasteiger partial charge in [-0.3, -0.25) is 0 Å². The Bertz CT molecular complexity index is 256. The second-order valence-corrected chi connectivity index (χ2v) is 2.75. The number of esters is 1. The molecule has 0 heterocycles. The third-order valence-corrected chi connectivity index (χ3v) is 1.14. The van der Waals surface area contributed by atoms with E-state index in [0.29, 0.717) is 6.42 Å². The largest absolute Gasteiger partial charge is 0.502 e. The molecular formula is C10H16O6. The minimum absolute atomic E-state index is 0.0365. The highest BCUT2D eigenvalue weighted by Gasteiger charge is 2.03. The van der Waals surface area contributed by atoms with Crippen LogP contribution in [0.3, 0.4) is 0 Å². The summed E-state index contributed by atoms with van der Waals surface area (Å²) in [7, 11) is 0. The van der Waals surface area contributed by atoms with Crippen molar-refractivity contribution in [3.05, 3.63) is 24.5 Å². The van der Waals surface area contributed by atoms with Crippen LogP contribution in [0.5, 0.6) is 0 Å². The number of aliphatic hydroxyl groups excluding tert-OH is 2. The van der Waals surface area contributed by atoms with Crippen molar-refractivity contribution in [2.45, 2.75) is 13.3 Å². The number of aliphatic carboxylic acids is 1. The summed E-state index contributed by atoms with van der Waals surface area (Å²) in [5, 5.41) is 24.5. The number of aliphatic hydroxyl groups is 2. The van der Waals surface area contributed by atoms with Crippen LogP contribution in [0.15, 0.2) is 24.5 Å². The number of carboxylic acid groups (broad SMARTS) is 1. The monoisotopic (exact) mass is 232 g/mol. The number of rotatable bonds is 5. The lowest BCUT2D eigenvalue weighted by Crippen LogP contribution is -2.08. The summed E-state index contributed by atoms with van der Waals surface area (Å²) in [6.07, 6.45) is 0.374. The van der Waals surface area contributed by atoms with Gasteiger partial charge in [-0.2, -0.15) is 0 Å². The Hall–Kier alpha value is -1.82. The van der Waals surface area contributed by atoms with Gasteiger partial charge in [0, 0.05) is 18.6 Å². The molecule has 16 heavy (non-hydrogen) atoms. The molecule has 0 rings (SSSR count). The van der Waals surface area contributed by atoms with E-state index in [1.54, 1.807) is 0 Å². The Morgan fingerprint density at radius 1 is 1.25 bits per heavy atom. The molecule has 0 amide bonds. The second kappa shape index (κ2) is 9.72. The van der Waals surface area contributed by atoms with E-state index in [1.807, 2.05) is 0 Å². The van der Waals surface area contributed by atoms with Crippen molar-refractivity contribution < 1.29 is 29.6 Å². The van der Waals surface area contributed by atoms with Gasteiger partial charge in [0.2, 0.25) is 0 Å². The third kappa shape index (κ3) is 12.2.